The summed E-state index contributed by atoms with van der Waals surface area (Å²) < 4.78 is 39.0. The molecule has 2 aliphatic carbocycles. The molecule has 0 spiro atoms. The number of alkyl halides is 4. The lowest BCUT2D eigenvalue weighted by molar-refractivity contribution is -0.153. The summed E-state index contributed by atoms with van der Waals surface area (Å²) in [5.74, 6) is 0.376. The maximum atomic E-state index is 14.2. The summed E-state index contributed by atoms with van der Waals surface area (Å²) in [5, 5.41) is 16.9. The molecule has 4 aliphatic rings. The number of carbonyl (C=O) groups is 2. The van der Waals surface area contributed by atoms with Gasteiger partial charge in [-0.1, -0.05) is 56.6 Å². The fourth-order valence-electron chi connectivity index (χ4n) is 8.48. The number of hydrazine groups is 1. The lowest BCUT2D eigenvalue weighted by Gasteiger charge is -2.49. The van der Waals surface area contributed by atoms with Crippen LogP contribution in [0.2, 0.25) is 0 Å². The van der Waals surface area contributed by atoms with E-state index in [0.29, 0.717) is 30.1 Å². The molecule has 44 heavy (non-hydrogen) atoms. The Morgan fingerprint density at radius 3 is 2.34 bits per heavy atom. The van der Waals surface area contributed by atoms with E-state index in [1.165, 1.54) is 13.0 Å². The van der Waals surface area contributed by atoms with E-state index in [2.05, 4.69) is 70.9 Å². The summed E-state index contributed by atoms with van der Waals surface area (Å²) in [6.07, 6.45) is 2.30. The van der Waals surface area contributed by atoms with Crippen molar-refractivity contribution in [3.63, 3.8) is 0 Å². The predicted octanol–water partition coefficient (Wildman–Crippen LogP) is 6.00. The molecule has 4 fully saturated rings. The number of carbonyl (C=O) groups excluding carboxylic acids is 2. The van der Waals surface area contributed by atoms with Gasteiger partial charge in [-0.05, 0) is 82.7 Å². The first kappa shape index (κ1) is 37.4. The molecule has 7 nitrogen and oxygen atoms in total. The monoisotopic (exact) mass is 692 g/mol. The standard InChI is InChI=1S/C29H50BrF3N4O2.C4H6O/c1-5-8-21-26-22(6-2)36(28(39)19-10-11-20(30)17(4)27(19)34-7-3)14-13-24(26)37(35-21)23-12-9-18(15-25(23)38)16-29(31,32)33;1-3-4(2)5/h17-27,34-35,38H,5-16H2,1-4H3;3H,1H2,2H3. The van der Waals surface area contributed by atoms with Crippen LogP contribution >= 0.6 is 15.9 Å². The number of hydrogen-bond donors (Lipinski definition) is 3. The normalized spacial score (nSPS) is 38.0. The number of aliphatic hydroxyl groups excluding tert-OH is 1. The number of hydrogen-bond acceptors (Lipinski definition) is 6. The fourth-order valence-corrected chi connectivity index (χ4v) is 9.08. The van der Waals surface area contributed by atoms with Crippen LogP contribution in [-0.2, 0) is 9.59 Å². The Morgan fingerprint density at radius 2 is 1.80 bits per heavy atom. The van der Waals surface area contributed by atoms with Crippen molar-refractivity contribution in [2.75, 3.05) is 13.1 Å². The highest BCUT2D eigenvalue weighted by Gasteiger charge is 2.54. The number of nitrogens with zero attached hydrogens (tertiary/aromatic N) is 2. The van der Waals surface area contributed by atoms with Crippen molar-refractivity contribution in [1.82, 2.24) is 20.7 Å². The van der Waals surface area contributed by atoms with Gasteiger partial charge in [0.15, 0.2) is 5.78 Å². The zero-order valence-electron chi connectivity index (χ0n) is 27.3. The summed E-state index contributed by atoms with van der Waals surface area (Å²) in [7, 11) is 0. The Labute approximate surface area is 271 Å². The maximum absolute atomic E-state index is 14.2. The number of amides is 1. The van der Waals surface area contributed by atoms with Crippen LogP contribution in [0.1, 0.15) is 98.8 Å². The molecule has 4 rings (SSSR count). The second-order valence-electron chi connectivity index (χ2n) is 13.5. The van der Waals surface area contributed by atoms with E-state index >= 15 is 0 Å². The average molecular weight is 694 g/mol. The van der Waals surface area contributed by atoms with Gasteiger partial charge in [-0.2, -0.15) is 13.2 Å². The van der Waals surface area contributed by atoms with Crippen molar-refractivity contribution in [3.8, 4) is 0 Å². The number of ketones is 1. The molecule has 0 radical (unpaired) electrons. The van der Waals surface area contributed by atoms with Crippen LogP contribution in [0, 0.1) is 23.7 Å². The fraction of sp³-hybridized carbons (Fsp3) is 0.879. The number of halogens is 4. The number of piperidine rings is 1. The number of likely N-dealkylation sites (tertiary alicyclic amines) is 1. The Morgan fingerprint density at radius 1 is 1.11 bits per heavy atom. The van der Waals surface area contributed by atoms with Crippen molar-refractivity contribution in [2.24, 2.45) is 23.7 Å². The van der Waals surface area contributed by atoms with E-state index in [1.807, 2.05) is 0 Å². The molecule has 2 saturated carbocycles. The number of aliphatic hydroxyl groups is 1. The Hall–Kier alpha value is -1.01. The zero-order chi connectivity index (χ0) is 32.8. The van der Waals surface area contributed by atoms with E-state index in [4.69, 9.17) is 0 Å². The van der Waals surface area contributed by atoms with Gasteiger partial charge < -0.3 is 15.3 Å². The van der Waals surface area contributed by atoms with Gasteiger partial charge >= 0.3 is 6.18 Å². The van der Waals surface area contributed by atoms with Gasteiger partial charge in [-0.25, -0.2) is 5.01 Å². The van der Waals surface area contributed by atoms with Crippen molar-refractivity contribution in [2.45, 2.75) is 146 Å². The quantitative estimate of drug-likeness (QED) is 0.203. The zero-order valence-corrected chi connectivity index (χ0v) is 28.9. The van der Waals surface area contributed by atoms with Crippen LogP contribution in [0.25, 0.3) is 0 Å². The highest BCUT2D eigenvalue weighted by atomic mass is 79.9. The summed E-state index contributed by atoms with van der Waals surface area (Å²) in [6.45, 7) is 14.9. The first-order valence-electron chi connectivity index (χ1n) is 16.9. The van der Waals surface area contributed by atoms with Crippen LogP contribution in [-0.4, -0.2) is 87.1 Å². The Kier molecular flexibility index (Phi) is 14.2. The summed E-state index contributed by atoms with van der Waals surface area (Å²) >= 11 is 3.84. The molecule has 2 heterocycles. The van der Waals surface area contributed by atoms with Crippen LogP contribution in [0.5, 0.6) is 0 Å². The third kappa shape index (κ3) is 9.07. The van der Waals surface area contributed by atoms with Crippen molar-refractivity contribution < 1.29 is 27.9 Å². The minimum Gasteiger partial charge on any atom is -0.391 e. The minimum atomic E-state index is -4.19. The van der Waals surface area contributed by atoms with Gasteiger partial charge in [0.2, 0.25) is 5.91 Å². The number of nitrogens with one attached hydrogen (secondary N) is 2. The lowest BCUT2D eigenvalue weighted by atomic mass is 9.74. The first-order chi connectivity index (χ1) is 20.8. The molecule has 0 bridgehead atoms. The summed E-state index contributed by atoms with van der Waals surface area (Å²) in [5.41, 5.74) is 3.74. The van der Waals surface area contributed by atoms with Gasteiger partial charge in [-0.15, -0.1) is 0 Å². The molecular weight excluding hydrogens is 637 g/mol. The molecule has 1 amide bonds. The number of rotatable bonds is 9. The van der Waals surface area contributed by atoms with Gasteiger partial charge in [-0.3, -0.25) is 15.0 Å². The van der Waals surface area contributed by atoms with E-state index < -0.39 is 24.6 Å². The second-order valence-corrected chi connectivity index (χ2v) is 14.6. The van der Waals surface area contributed by atoms with Crippen molar-refractivity contribution in [1.29, 1.82) is 0 Å². The van der Waals surface area contributed by atoms with E-state index in [9.17, 15) is 27.9 Å². The third-order valence-corrected chi connectivity index (χ3v) is 11.8. The van der Waals surface area contributed by atoms with Gasteiger partial charge in [0, 0.05) is 47.9 Å². The molecular formula is C33H56BrF3N4O3. The topological polar surface area (TPSA) is 84.9 Å². The van der Waals surface area contributed by atoms with E-state index in [1.54, 1.807) is 0 Å². The molecule has 0 aromatic heterocycles. The minimum absolute atomic E-state index is 0.0185. The summed E-state index contributed by atoms with van der Waals surface area (Å²) in [6, 6.07) is 0.459. The van der Waals surface area contributed by atoms with Gasteiger partial charge in [0.25, 0.3) is 0 Å². The lowest BCUT2D eigenvalue weighted by Crippen LogP contribution is -2.61. The largest absolute Gasteiger partial charge is 0.391 e. The van der Waals surface area contributed by atoms with Crippen LogP contribution in [0.15, 0.2) is 12.7 Å². The second kappa shape index (κ2) is 16.7. The van der Waals surface area contributed by atoms with Crippen LogP contribution < -0.4 is 10.7 Å². The van der Waals surface area contributed by atoms with Crippen molar-refractivity contribution >= 4 is 27.6 Å². The van der Waals surface area contributed by atoms with E-state index in [0.717, 1.165) is 45.1 Å². The highest BCUT2D eigenvalue weighted by molar-refractivity contribution is 9.09. The molecule has 3 N–H and O–H groups in total. The Balaban J connectivity index is 0.000000978. The number of fused-ring (bicyclic) bond motifs is 1. The molecule has 11 atom stereocenters. The molecule has 2 aliphatic heterocycles. The smallest absolute Gasteiger partial charge is 0.389 e. The van der Waals surface area contributed by atoms with Gasteiger partial charge in [0.1, 0.15) is 0 Å². The van der Waals surface area contributed by atoms with Crippen molar-refractivity contribution in [3.05, 3.63) is 12.7 Å². The SMILES string of the molecule is C=CC(C)=O.CCCC1NN(C2CCC(CC(F)(F)F)CC2O)C2CCN(C(=O)C3CCC(Br)C(C)C3NCC)C(CC)C12. The molecule has 0 aromatic carbocycles. The van der Waals surface area contributed by atoms with E-state index in [-0.39, 0.29) is 60.2 Å². The Bertz CT molecular complexity index is 956. The molecule has 0 aromatic rings. The highest BCUT2D eigenvalue weighted by Crippen LogP contribution is 2.44. The summed E-state index contributed by atoms with van der Waals surface area (Å²) in [4.78, 5) is 26.5. The first-order valence-corrected chi connectivity index (χ1v) is 17.8. The van der Waals surface area contributed by atoms with Crippen LogP contribution in [0.3, 0.4) is 0 Å². The molecule has 2 saturated heterocycles. The molecule has 11 heteroatoms. The van der Waals surface area contributed by atoms with Crippen LogP contribution in [0.4, 0.5) is 13.2 Å². The number of allylic oxidation sites excluding steroid dienone is 1. The predicted molar refractivity (Wildman–Crippen MR) is 172 cm³/mol. The molecule has 11 unspecified atom stereocenters. The average Bonchev–Trinajstić information content (AvgIpc) is 3.32. The van der Waals surface area contributed by atoms with Gasteiger partial charge in [0.05, 0.1) is 18.1 Å². The third-order valence-electron chi connectivity index (χ3n) is 10.5. The maximum Gasteiger partial charge on any atom is 0.389 e. The molecule has 254 valence electrons.